The minimum Gasteiger partial charge on any atom is -0.324 e. The maximum Gasteiger partial charge on any atom is 0.164 e. The van der Waals surface area contributed by atoms with Gasteiger partial charge in [-0.15, -0.1) is 0 Å². The molecule has 0 atom stereocenters. The Morgan fingerprint density at radius 2 is 0.500 bits per heavy atom. The van der Waals surface area contributed by atoms with E-state index in [9.17, 15) is 0 Å². The van der Waals surface area contributed by atoms with Gasteiger partial charge in [-0.25, -0.2) is 39.9 Å². The van der Waals surface area contributed by atoms with E-state index < -0.39 is 0 Å². The van der Waals surface area contributed by atoms with Crippen LogP contribution in [-0.4, -0.2) is 33.3 Å². The lowest BCUT2D eigenvalue weighted by molar-refractivity contribution is 1.17. The monoisotopic (exact) mass is 694 g/mol. The zero-order valence-electron chi connectivity index (χ0n) is 28.4. The van der Waals surface area contributed by atoms with E-state index in [0.29, 0.717) is 68.0 Å². The minimum atomic E-state index is 0.552. The fourth-order valence-corrected chi connectivity index (χ4v) is 7.15. The van der Waals surface area contributed by atoms with Gasteiger partial charge in [-0.3, -0.25) is 0 Å². The standard InChI is InChI=1S/C44H26N10/c1-5-17-29-25(13-1)37-45-33-21-9-10-22-34(33)46-38-27-15-3-7-19-31(27)43(51-38)54-44-32-20-8-4-16-28(32)40(52-44)48-36-24-12-11-23-35(36)47-39-26-14-2-6-18-30(26)42(50-39)53-41(29)49-37/h1-24H,(H,45,47,49,50,53)(H,46,48,51,52,54). The second-order valence-corrected chi connectivity index (χ2v) is 13.0. The molecule has 8 aromatic rings. The molecule has 0 saturated carbocycles. The number of aromatic amines is 2. The number of nitrogens with one attached hydrogen (secondary N) is 2. The van der Waals surface area contributed by atoms with Crippen LogP contribution < -0.4 is 21.4 Å². The van der Waals surface area contributed by atoms with Crippen molar-refractivity contribution in [3.8, 4) is 0 Å². The van der Waals surface area contributed by atoms with E-state index in [4.69, 9.17) is 39.9 Å². The number of hydrogen-bond acceptors (Lipinski definition) is 8. The van der Waals surface area contributed by atoms with Crippen LogP contribution >= 0.6 is 0 Å². The third-order valence-corrected chi connectivity index (χ3v) is 9.71. The number of hydrogen-bond donors (Lipinski definition) is 2. The summed E-state index contributed by atoms with van der Waals surface area (Å²) >= 11 is 0. The van der Waals surface area contributed by atoms with Crippen molar-refractivity contribution >= 4 is 68.2 Å². The molecule has 0 spiro atoms. The van der Waals surface area contributed by atoms with Crippen LogP contribution in [0.15, 0.2) is 186 Å². The summed E-state index contributed by atoms with van der Waals surface area (Å²) in [5, 5.41) is 6.42. The molecule has 252 valence electrons. The van der Waals surface area contributed by atoms with E-state index in [1.807, 2.05) is 146 Å². The molecule has 6 aromatic carbocycles. The highest BCUT2D eigenvalue weighted by molar-refractivity contribution is 6.24. The van der Waals surface area contributed by atoms with Gasteiger partial charge in [0, 0.05) is 43.8 Å². The van der Waals surface area contributed by atoms with E-state index >= 15 is 0 Å². The molecule has 3 aliphatic heterocycles. The van der Waals surface area contributed by atoms with Crippen molar-refractivity contribution in [2.75, 3.05) is 0 Å². The van der Waals surface area contributed by atoms with E-state index in [1.165, 1.54) is 0 Å². The molecule has 11 rings (SSSR count). The van der Waals surface area contributed by atoms with Crippen LogP contribution in [0.3, 0.4) is 0 Å². The SMILES string of the molecule is c1ccc2c(c1)C1=NC2=Nc2[nH]c(c3ccccc23)N=c2ccccc2=Nc2[nH]c(c3ccccc23)N=C2N=C(N=c3ccccc3=N1)c1ccccc12. The van der Waals surface area contributed by atoms with Gasteiger partial charge >= 0.3 is 0 Å². The molecular formula is C44H26N10. The normalized spacial score (nSPS) is 14.2. The Labute approximate surface area is 306 Å². The van der Waals surface area contributed by atoms with Gasteiger partial charge in [-0.2, -0.15) is 0 Å². The predicted octanol–water partition coefficient (Wildman–Crippen LogP) is 7.18. The van der Waals surface area contributed by atoms with Crippen molar-refractivity contribution in [3.63, 3.8) is 0 Å². The third kappa shape index (κ3) is 4.89. The molecular weight excluding hydrogens is 669 g/mol. The van der Waals surface area contributed by atoms with Gasteiger partial charge in [0.15, 0.2) is 23.3 Å². The molecule has 10 nitrogen and oxygen atoms in total. The van der Waals surface area contributed by atoms with E-state index in [2.05, 4.69) is 9.97 Å². The number of rotatable bonds is 0. The smallest absolute Gasteiger partial charge is 0.164 e. The maximum atomic E-state index is 5.14. The van der Waals surface area contributed by atoms with Crippen LogP contribution in [-0.2, 0) is 0 Å². The van der Waals surface area contributed by atoms with Crippen molar-refractivity contribution < 1.29 is 0 Å². The first-order valence-corrected chi connectivity index (χ1v) is 17.5. The van der Waals surface area contributed by atoms with Gasteiger partial charge in [0.05, 0.1) is 21.4 Å². The number of para-hydroxylation sites is 4. The van der Waals surface area contributed by atoms with Crippen LogP contribution in [0.5, 0.6) is 0 Å². The quantitative estimate of drug-likeness (QED) is 0.167. The largest absolute Gasteiger partial charge is 0.324 e. The summed E-state index contributed by atoms with van der Waals surface area (Å²) in [6.45, 7) is 0. The molecule has 5 heterocycles. The van der Waals surface area contributed by atoms with E-state index in [1.54, 1.807) is 0 Å². The molecule has 0 fully saturated rings. The molecule has 10 heteroatoms. The Hall–Kier alpha value is -7.72. The molecule has 54 heavy (non-hydrogen) atoms. The zero-order valence-corrected chi connectivity index (χ0v) is 28.4. The van der Waals surface area contributed by atoms with Crippen LogP contribution in [0.25, 0.3) is 21.5 Å². The molecule has 0 amide bonds. The Kier molecular flexibility index (Phi) is 6.62. The molecule has 0 unspecified atom stereocenters. The van der Waals surface area contributed by atoms with Crippen LogP contribution in [0.4, 0.5) is 23.3 Å². The molecule has 0 aliphatic carbocycles. The Morgan fingerprint density at radius 3 is 0.852 bits per heavy atom. The highest BCUT2D eigenvalue weighted by Gasteiger charge is 2.24. The number of amidine groups is 4. The topological polar surface area (TPSA) is 130 Å². The van der Waals surface area contributed by atoms with Gasteiger partial charge in [-0.05, 0) is 24.3 Å². The van der Waals surface area contributed by atoms with Crippen LogP contribution in [0.1, 0.15) is 22.3 Å². The lowest BCUT2D eigenvalue weighted by atomic mass is 10.1. The highest BCUT2D eigenvalue weighted by atomic mass is 15.1. The Morgan fingerprint density at radius 1 is 0.241 bits per heavy atom. The predicted molar refractivity (Wildman–Crippen MR) is 212 cm³/mol. The second-order valence-electron chi connectivity index (χ2n) is 13.0. The van der Waals surface area contributed by atoms with Crippen molar-refractivity contribution in [2.24, 2.45) is 39.9 Å². The van der Waals surface area contributed by atoms with Crippen molar-refractivity contribution in [2.45, 2.75) is 0 Å². The highest BCUT2D eigenvalue weighted by Crippen LogP contribution is 2.36. The minimum absolute atomic E-state index is 0.552. The van der Waals surface area contributed by atoms with Gasteiger partial charge in [0.1, 0.15) is 23.3 Å². The summed E-state index contributed by atoms with van der Waals surface area (Å²) in [6, 6.07) is 47.8. The lowest BCUT2D eigenvalue weighted by Crippen LogP contribution is -2.27. The third-order valence-electron chi connectivity index (χ3n) is 9.71. The summed E-state index contributed by atoms with van der Waals surface area (Å²) < 4.78 is 0. The van der Waals surface area contributed by atoms with E-state index in [0.717, 1.165) is 43.8 Å². The summed E-state index contributed by atoms with van der Waals surface area (Å²) in [4.78, 5) is 47.7. The molecule has 3 aliphatic rings. The molecule has 0 radical (unpaired) electrons. The van der Waals surface area contributed by atoms with Gasteiger partial charge < -0.3 is 9.97 Å². The van der Waals surface area contributed by atoms with E-state index in [-0.39, 0.29) is 0 Å². The lowest BCUT2D eigenvalue weighted by Gasteiger charge is -1.99. The molecule has 2 N–H and O–H groups in total. The first-order chi connectivity index (χ1) is 26.7. The van der Waals surface area contributed by atoms with Gasteiger partial charge in [0.25, 0.3) is 0 Å². The Balaban J connectivity index is 1.24. The van der Waals surface area contributed by atoms with Crippen molar-refractivity contribution in [1.82, 2.24) is 9.97 Å². The molecule has 2 aromatic heterocycles. The Bertz CT molecular complexity index is 3070. The molecule has 8 bridgehead atoms. The average Bonchev–Trinajstić information content (AvgIpc) is 3.95. The van der Waals surface area contributed by atoms with Crippen LogP contribution in [0, 0.1) is 0 Å². The number of nitrogens with zero attached hydrogens (tertiary/aromatic N) is 8. The first kappa shape index (κ1) is 30.0. The van der Waals surface area contributed by atoms with Gasteiger partial charge in [0.2, 0.25) is 0 Å². The number of benzene rings is 6. The van der Waals surface area contributed by atoms with Crippen molar-refractivity contribution in [3.05, 3.63) is 189 Å². The summed E-state index contributed by atoms with van der Waals surface area (Å²) in [7, 11) is 0. The van der Waals surface area contributed by atoms with Gasteiger partial charge in [-0.1, -0.05) is 121 Å². The van der Waals surface area contributed by atoms with Crippen molar-refractivity contribution in [1.29, 1.82) is 0 Å². The summed E-state index contributed by atoms with van der Waals surface area (Å²) in [5.74, 6) is 4.85. The summed E-state index contributed by atoms with van der Waals surface area (Å²) in [5.41, 5.74) is 3.54. The maximum absolute atomic E-state index is 5.14. The summed E-state index contributed by atoms with van der Waals surface area (Å²) in [6.07, 6.45) is 0. The molecule has 0 saturated heterocycles. The fraction of sp³-hybridized carbons (Fsp3) is 0. The number of fused-ring (bicyclic) bond motifs is 20. The number of H-pyrrole nitrogens is 2. The zero-order chi connectivity index (χ0) is 35.6. The average molecular weight is 695 g/mol. The fourth-order valence-electron chi connectivity index (χ4n) is 7.15. The first-order valence-electron chi connectivity index (χ1n) is 17.5. The number of aromatic nitrogens is 2. The van der Waals surface area contributed by atoms with Crippen LogP contribution in [0.2, 0.25) is 0 Å². The second kappa shape index (κ2) is 11.9. The number of aliphatic imine (C=N–C) groups is 4.